The molecule has 3 amide bonds. The Morgan fingerprint density at radius 3 is 2.43 bits per heavy atom. The number of anilines is 2. The predicted octanol–water partition coefficient (Wildman–Crippen LogP) is 4.25. The molecule has 1 heterocycles. The number of ether oxygens (including phenoxy) is 1. The molecule has 0 atom stereocenters. The fourth-order valence-corrected chi connectivity index (χ4v) is 3.30. The molecule has 0 spiro atoms. The second kappa shape index (κ2) is 7.44. The van der Waals surface area contributed by atoms with Gasteiger partial charge in [-0.2, -0.15) is 0 Å². The van der Waals surface area contributed by atoms with Crippen molar-refractivity contribution in [3.63, 3.8) is 0 Å². The molecule has 140 valence electrons. The SMILES string of the molecule is COc1ccc(-c2ccc(NC(=O)Nc3ccccc3)c3c2CNC3=O)cc1. The highest BCUT2D eigenvalue weighted by Crippen LogP contribution is 2.34. The van der Waals surface area contributed by atoms with Gasteiger partial charge < -0.3 is 20.7 Å². The molecule has 6 heteroatoms. The van der Waals surface area contributed by atoms with E-state index in [9.17, 15) is 9.59 Å². The van der Waals surface area contributed by atoms with E-state index in [1.54, 1.807) is 25.3 Å². The maximum atomic E-state index is 12.4. The largest absolute Gasteiger partial charge is 0.497 e. The summed E-state index contributed by atoms with van der Waals surface area (Å²) < 4.78 is 5.21. The molecule has 3 aromatic carbocycles. The van der Waals surface area contributed by atoms with E-state index in [1.165, 1.54) is 0 Å². The Labute approximate surface area is 162 Å². The van der Waals surface area contributed by atoms with E-state index in [0.29, 0.717) is 23.5 Å². The van der Waals surface area contributed by atoms with Crippen LogP contribution >= 0.6 is 0 Å². The number of methoxy groups -OCH3 is 1. The van der Waals surface area contributed by atoms with E-state index in [-0.39, 0.29) is 5.91 Å². The molecular formula is C22H19N3O3. The van der Waals surface area contributed by atoms with Crippen LogP contribution < -0.4 is 20.7 Å². The number of urea groups is 1. The summed E-state index contributed by atoms with van der Waals surface area (Å²) in [7, 11) is 1.62. The molecule has 0 unspecified atom stereocenters. The van der Waals surface area contributed by atoms with Crippen molar-refractivity contribution in [1.29, 1.82) is 0 Å². The van der Waals surface area contributed by atoms with E-state index in [1.807, 2.05) is 48.5 Å². The zero-order chi connectivity index (χ0) is 19.5. The maximum absolute atomic E-state index is 12.4. The number of para-hydroxylation sites is 1. The Kier molecular flexibility index (Phi) is 4.68. The Morgan fingerprint density at radius 1 is 0.964 bits per heavy atom. The Bertz CT molecular complexity index is 1030. The topological polar surface area (TPSA) is 79.5 Å². The molecule has 4 rings (SSSR count). The number of amides is 3. The van der Waals surface area contributed by atoms with Gasteiger partial charge in [0.05, 0.1) is 18.4 Å². The first kappa shape index (κ1) is 17.6. The van der Waals surface area contributed by atoms with Gasteiger partial charge >= 0.3 is 6.03 Å². The Hall–Kier alpha value is -3.80. The molecule has 0 radical (unpaired) electrons. The van der Waals surface area contributed by atoms with Gasteiger partial charge in [0.1, 0.15) is 5.75 Å². The maximum Gasteiger partial charge on any atom is 0.323 e. The fraction of sp³-hybridized carbons (Fsp3) is 0.0909. The molecule has 0 aliphatic carbocycles. The van der Waals surface area contributed by atoms with E-state index in [4.69, 9.17) is 4.74 Å². The van der Waals surface area contributed by atoms with Crippen molar-refractivity contribution >= 4 is 23.3 Å². The fourth-order valence-electron chi connectivity index (χ4n) is 3.30. The van der Waals surface area contributed by atoms with Crippen molar-refractivity contribution in [2.24, 2.45) is 0 Å². The molecule has 3 N–H and O–H groups in total. The molecule has 0 bridgehead atoms. The lowest BCUT2D eigenvalue weighted by atomic mass is 9.95. The van der Waals surface area contributed by atoms with Crippen LogP contribution in [0.4, 0.5) is 16.2 Å². The van der Waals surface area contributed by atoms with Crippen molar-refractivity contribution in [2.45, 2.75) is 6.54 Å². The lowest BCUT2D eigenvalue weighted by molar-refractivity contribution is 0.0966. The number of hydrogen-bond donors (Lipinski definition) is 3. The van der Waals surface area contributed by atoms with Crippen molar-refractivity contribution in [2.75, 3.05) is 17.7 Å². The summed E-state index contributed by atoms with van der Waals surface area (Å²) in [6, 6.07) is 20.1. The molecule has 0 aromatic heterocycles. The number of benzene rings is 3. The molecule has 1 aliphatic rings. The normalized spacial score (nSPS) is 12.1. The van der Waals surface area contributed by atoms with Gasteiger partial charge in [0.25, 0.3) is 5.91 Å². The summed E-state index contributed by atoms with van der Waals surface area (Å²) in [6.45, 7) is 0.422. The van der Waals surface area contributed by atoms with Gasteiger partial charge in [-0.1, -0.05) is 36.4 Å². The van der Waals surface area contributed by atoms with Crippen LogP contribution in [-0.2, 0) is 6.54 Å². The quantitative estimate of drug-likeness (QED) is 0.640. The van der Waals surface area contributed by atoms with Crippen molar-refractivity contribution in [3.05, 3.63) is 77.9 Å². The monoisotopic (exact) mass is 373 g/mol. The van der Waals surface area contributed by atoms with Crippen LogP contribution in [0.1, 0.15) is 15.9 Å². The summed E-state index contributed by atoms with van der Waals surface area (Å²) in [4.78, 5) is 24.8. The first-order valence-electron chi connectivity index (χ1n) is 8.87. The van der Waals surface area contributed by atoms with E-state index < -0.39 is 6.03 Å². The summed E-state index contributed by atoms with van der Waals surface area (Å²) in [5, 5.41) is 8.39. The first-order chi connectivity index (χ1) is 13.7. The van der Waals surface area contributed by atoms with Crippen molar-refractivity contribution < 1.29 is 14.3 Å². The highest BCUT2D eigenvalue weighted by molar-refractivity contribution is 6.10. The minimum absolute atomic E-state index is 0.194. The van der Waals surface area contributed by atoms with Crippen molar-refractivity contribution in [3.8, 4) is 16.9 Å². The van der Waals surface area contributed by atoms with Crippen LogP contribution in [0.25, 0.3) is 11.1 Å². The molecular weight excluding hydrogens is 354 g/mol. The highest BCUT2D eigenvalue weighted by Gasteiger charge is 2.26. The van der Waals surface area contributed by atoms with Gasteiger partial charge in [-0.25, -0.2) is 4.79 Å². The lowest BCUT2D eigenvalue weighted by Crippen LogP contribution is -2.21. The predicted molar refractivity (Wildman–Crippen MR) is 109 cm³/mol. The smallest absolute Gasteiger partial charge is 0.323 e. The second-order valence-electron chi connectivity index (χ2n) is 6.37. The summed E-state index contributed by atoms with van der Waals surface area (Å²) in [5.74, 6) is 0.575. The van der Waals surface area contributed by atoms with Crippen LogP contribution in [0.2, 0.25) is 0 Å². The minimum Gasteiger partial charge on any atom is -0.497 e. The number of nitrogens with one attached hydrogen (secondary N) is 3. The number of rotatable bonds is 4. The standard InChI is InChI=1S/C22H19N3O3/c1-28-16-9-7-14(8-10-16)17-11-12-19(20-18(17)13-23-21(20)26)25-22(27)24-15-5-3-2-4-6-15/h2-12H,13H2,1H3,(H,23,26)(H2,24,25,27). The number of carbonyl (C=O) groups excluding carboxylic acids is 2. The third-order valence-electron chi connectivity index (χ3n) is 4.65. The van der Waals surface area contributed by atoms with Gasteiger partial charge in [0, 0.05) is 12.2 Å². The first-order valence-corrected chi connectivity index (χ1v) is 8.87. The van der Waals surface area contributed by atoms with Gasteiger partial charge in [-0.05, 0) is 47.0 Å². The van der Waals surface area contributed by atoms with E-state index in [2.05, 4.69) is 16.0 Å². The van der Waals surface area contributed by atoms with E-state index in [0.717, 1.165) is 22.4 Å². The molecule has 1 aliphatic heterocycles. The van der Waals surface area contributed by atoms with Gasteiger partial charge in [-0.15, -0.1) is 0 Å². The lowest BCUT2D eigenvalue weighted by Gasteiger charge is -2.13. The summed E-state index contributed by atoms with van der Waals surface area (Å²) in [5.41, 5.74) is 4.45. The Balaban J connectivity index is 1.63. The van der Waals surface area contributed by atoms with Crippen LogP contribution in [0.3, 0.4) is 0 Å². The number of fused-ring (bicyclic) bond motifs is 1. The van der Waals surface area contributed by atoms with Crippen LogP contribution in [0.5, 0.6) is 5.75 Å². The van der Waals surface area contributed by atoms with Crippen LogP contribution in [0, 0.1) is 0 Å². The molecule has 6 nitrogen and oxygen atoms in total. The van der Waals surface area contributed by atoms with Gasteiger partial charge in [0.15, 0.2) is 0 Å². The average Bonchev–Trinajstić information content (AvgIpc) is 3.11. The Morgan fingerprint density at radius 2 is 1.71 bits per heavy atom. The average molecular weight is 373 g/mol. The minimum atomic E-state index is -0.398. The molecule has 28 heavy (non-hydrogen) atoms. The van der Waals surface area contributed by atoms with Gasteiger partial charge in [-0.3, -0.25) is 4.79 Å². The second-order valence-corrected chi connectivity index (χ2v) is 6.37. The number of hydrogen-bond acceptors (Lipinski definition) is 3. The van der Waals surface area contributed by atoms with Gasteiger partial charge in [0.2, 0.25) is 0 Å². The third-order valence-corrected chi connectivity index (χ3v) is 4.65. The molecule has 3 aromatic rings. The van der Waals surface area contributed by atoms with Crippen LogP contribution in [0.15, 0.2) is 66.7 Å². The van der Waals surface area contributed by atoms with Crippen molar-refractivity contribution in [1.82, 2.24) is 5.32 Å². The highest BCUT2D eigenvalue weighted by atomic mass is 16.5. The molecule has 0 saturated carbocycles. The zero-order valence-electron chi connectivity index (χ0n) is 15.3. The van der Waals surface area contributed by atoms with E-state index >= 15 is 0 Å². The van der Waals surface area contributed by atoms with Crippen LogP contribution in [-0.4, -0.2) is 19.0 Å². The molecule has 0 saturated heterocycles. The summed E-state index contributed by atoms with van der Waals surface area (Å²) in [6.07, 6.45) is 0. The molecule has 0 fully saturated rings. The summed E-state index contributed by atoms with van der Waals surface area (Å²) >= 11 is 0. The zero-order valence-corrected chi connectivity index (χ0v) is 15.3. The number of carbonyl (C=O) groups is 2. The third kappa shape index (κ3) is 3.40.